The first-order valence-corrected chi connectivity index (χ1v) is 5.83. The van der Waals surface area contributed by atoms with Gasteiger partial charge in [-0.05, 0) is 37.5 Å². The van der Waals surface area contributed by atoms with E-state index in [-0.39, 0.29) is 0 Å². The molecule has 0 fully saturated rings. The molecule has 0 bridgehead atoms. The van der Waals surface area contributed by atoms with E-state index in [1.165, 1.54) is 5.56 Å². The van der Waals surface area contributed by atoms with Gasteiger partial charge in [0, 0.05) is 6.04 Å². The second-order valence-electron chi connectivity index (χ2n) is 3.94. The van der Waals surface area contributed by atoms with Crippen molar-refractivity contribution >= 4 is 12.2 Å². The highest BCUT2D eigenvalue weighted by molar-refractivity contribution is 7.71. The molecule has 0 aliphatic carbocycles. The molecule has 0 aliphatic heterocycles. The van der Waals surface area contributed by atoms with Crippen molar-refractivity contribution in [3.63, 3.8) is 0 Å². The summed E-state index contributed by atoms with van der Waals surface area (Å²) in [5, 5.41) is 6.71. The van der Waals surface area contributed by atoms with E-state index in [2.05, 4.69) is 41.4 Å². The van der Waals surface area contributed by atoms with Gasteiger partial charge in [-0.1, -0.05) is 30.3 Å². The van der Waals surface area contributed by atoms with Gasteiger partial charge in [-0.25, -0.2) is 0 Å². The van der Waals surface area contributed by atoms with Gasteiger partial charge in [0.15, 0.2) is 4.77 Å². The predicted molar refractivity (Wildman–Crippen MR) is 66.9 cm³/mol. The number of hydrogen-bond donors (Lipinski definition) is 1. The van der Waals surface area contributed by atoms with Crippen LogP contribution >= 0.6 is 12.2 Å². The minimum absolute atomic E-state index is 0.381. The van der Waals surface area contributed by atoms with E-state index in [4.69, 9.17) is 12.2 Å². The van der Waals surface area contributed by atoms with Gasteiger partial charge in [0.05, 0.1) is 0 Å². The number of aromatic amines is 1. The zero-order valence-electron chi connectivity index (χ0n) is 9.26. The minimum atomic E-state index is 0.381. The van der Waals surface area contributed by atoms with E-state index in [1.54, 1.807) is 6.33 Å². The summed E-state index contributed by atoms with van der Waals surface area (Å²) in [5.41, 5.74) is 1.37. The largest absolute Gasteiger partial charge is 0.304 e. The topological polar surface area (TPSA) is 33.6 Å². The van der Waals surface area contributed by atoms with Crippen LogP contribution in [0.5, 0.6) is 0 Å². The van der Waals surface area contributed by atoms with Gasteiger partial charge >= 0.3 is 0 Å². The Hall–Kier alpha value is -1.42. The van der Waals surface area contributed by atoms with Gasteiger partial charge < -0.3 is 4.57 Å². The summed E-state index contributed by atoms with van der Waals surface area (Å²) in [6, 6.07) is 10.9. The van der Waals surface area contributed by atoms with Crippen LogP contribution in [0, 0.1) is 4.77 Å². The van der Waals surface area contributed by atoms with Gasteiger partial charge in [0.2, 0.25) is 0 Å². The first-order chi connectivity index (χ1) is 7.77. The SMILES string of the molecule is CC(CCc1ccccc1)n1cn[nH]c1=S. The smallest absolute Gasteiger partial charge is 0.195 e. The molecule has 4 heteroatoms. The number of benzene rings is 1. The lowest BCUT2D eigenvalue weighted by Crippen LogP contribution is -2.05. The number of nitrogens with zero attached hydrogens (tertiary/aromatic N) is 2. The molecule has 0 amide bonds. The van der Waals surface area contributed by atoms with Crippen LogP contribution in [-0.2, 0) is 6.42 Å². The Kier molecular flexibility index (Phi) is 3.51. The predicted octanol–water partition coefficient (Wildman–Crippen LogP) is 3.13. The number of rotatable bonds is 4. The van der Waals surface area contributed by atoms with Crippen molar-refractivity contribution in [2.75, 3.05) is 0 Å². The molecule has 1 aromatic heterocycles. The van der Waals surface area contributed by atoms with E-state index in [0.717, 1.165) is 12.8 Å². The van der Waals surface area contributed by atoms with E-state index in [1.807, 2.05) is 10.6 Å². The summed E-state index contributed by atoms with van der Waals surface area (Å²) in [7, 11) is 0. The summed E-state index contributed by atoms with van der Waals surface area (Å²) < 4.78 is 2.69. The Morgan fingerprint density at radius 2 is 2.12 bits per heavy atom. The van der Waals surface area contributed by atoms with Crippen LogP contribution in [0.1, 0.15) is 24.9 Å². The molecule has 1 N–H and O–H groups in total. The van der Waals surface area contributed by atoms with E-state index in [0.29, 0.717) is 10.8 Å². The molecule has 1 atom stereocenters. The zero-order chi connectivity index (χ0) is 11.4. The van der Waals surface area contributed by atoms with Crippen molar-refractivity contribution in [1.29, 1.82) is 0 Å². The summed E-state index contributed by atoms with van der Waals surface area (Å²) >= 11 is 5.14. The van der Waals surface area contributed by atoms with Gasteiger partial charge in [0.25, 0.3) is 0 Å². The van der Waals surface area contributed by atoms with Gasteiger partial charge in [-0.15, -0.1) is 0 Å². The minimum Gasteiger partial charge on any atom is -0.304 e. The Bertz CT molecular complexity index is 486. The Balaban J connectivity index is 1.97. The molecule has 0 spiro atoms. The molecule has 3 nitrogen and oxygen atoms in total. The highest BCUT2D eigenvalue weighted by Crippen LogP contribution is 2.14. The third kappa shape index (κ3) is 2.58. The molecule has 1 heterocycles. The molecule has 1 unspecified atom stereocenters. The maximum absolute atomic E-state index is 5.14. The molecule has 0 radical (unpaired) electrons. The number of hydrogen-bond acceptors (Lipinski definition) is 2. The summed E-state index contributed by atoms with van der Waals surface area (Å²) in [4.78, 5) is 0. The normalized spacial score (nSPS) is 12.6. The second kappa shape index (κ2) is 5.07. The molecule has 1 aromatic carbocycles. The molecule has 16 heavy (non-hydrogen) atoms. The average Bonchev–Trinajstić information content (AvgIpc) is 2.74. The standard InChI is InChI=1S/C12H15N3S/c1-10(15-9-13-14-12(15)16)7-8-11-5-3-2-4-6-11/h2-6,9-10H,7-8H2,1H3,(H,14,16). The highest BCUT2D eigenvalue weighted by atomic mass is 32.1. The molecular formula is C12H15N3S. The van der Waals surface area contributed by atoms with Crippen LogP contribution in [0.4, 0.5) is 0 Å². The maximum Gasteiger partial charge on any atom is 0.195 e. The van der Waals surface area contributed by atoms with Crippen LogP contribution in [0.3, 0.4) is 0 Å². The summed E-state index contributed by atoms with van der Waals surface area (Å²) in [5.74, 6) is 0. The fourth-order valence-corrected chi connectivity index (χ4v) is 2.01. The van der Waals surface area contributed by atoms with Gasteiger partial charge in [-0.2, -0.15) is 5.10 Å². The Morgan fingerprint density at radius 3 is 2.75 bits per heavy atom. The first-order valence-electron chi connectivity index (χ1n) is 5.43. The summed E-state index contributed by atoms with van der Waals surface area (Å²) in [6.07, 6.45) is 3.89. The molecule has 0 saturated heterocycles. The third-order valence-electron chi connectivity index (χ3n) is 2.75. The van der Waals surface area contributed by atoms with E-state index < -0.39 is 0 Å². The van der Waals surface area contributed by atoms with Crippen molar-refractivity contribution in [3.8, 4) is 0 Å². The lowest BCUT2D eigenvalue weighted by molar-refractivity contribution is 0.500. The Morgan fingerprint density at radius 1 is 1.38 bits per heavy atom. The van der Waals surface area contributed by atoms with Crippen molar-refractivity contribution < 1.29 is 0 Å². The van der Waals surface area contributed by atoms with Crippen LogP contribution in [0.15, 0.2) is 36.7 Å². The van der Waals surface area contributed by atoms with Crippen molar-refractivity contribution in [2.24, 2.45) is 0 Å². The Labute approximate surface area is 100 Å². The fraction of sp³-hybridized carbons (Fsp3) is 0.333. The highest BCUT2D eigenvalue weighted by Gasteiger charge is 2.05. The van der Waals surface area contributed by atoms with Crippen molar-refractivity contribution in [1.82, 2.24) is 14.8 Å². The molecule has 0 aliphatic rings. The lowest BCUT2D eigenvalue weighted by Gasteiger charge is -2.11. The van der Waals surface area contributed by atoms with Crippen LogP contribution in [-0.4, -0.2) is 14.8 Å². The quantitative estimate of drug-likeness (QED) is 0.823. The van der Waals surface area contributed by atoms with Crippen LogP contribution in [0.25, 0.3) is 0 Å². The molecule has 0 saturated carbocycles. The fourth-order valence-electron chi connectivity index (χ4n) is 1.73. The van der Waals surface area contributed by atoms with Gasteiger partial charge in [0.1, 0.15) is 6.33 Å². The monoisotopic (exact) mass is 233 g/mol. The van der Waals surface area contributed by atoms with Crippen LogP contribution < -0.4 is 0 Å². The summed E-state index contributed by atoms with van der Waals surface area (Å²) in [6.45, 7) is 2.16. The third-order valence-corrected chi connectivity index (χ3v) is 3.05. The molecular weight excluding hydrogens is 218 g/mol. The average molecular weight is 233 g/mol. The van der Waals surface area contributed by atoms with Crippen LogP contribution in [0.2, 0.25) is 0 Å². The number of nitrogens with one attached hydrogen (secondary N) is 1. The zero-order valence-corrected chi connectivity index (χ0v) is 10.1. The van der Waals surface area contributed by atoms with E-state index in [9.17, 15) is 0 Å². The van der Waals surface area contributed by atoms with Crippen molar-refractivity contribution in [2.45, 2.75) is 25.8 Å². The second-order valence-corrected chi connectivity index (χ2v) is 4.33. The number of aromatic nitrogens is 3. The van der Waals surface area contributed by atoms with E-state index >= 15 is 0 Å². The molecule has 2 aromatic rings. The van der Waals surface area contributed by atoms with Gasteiger partial charge in [-0.3, -0.25) is 5.10 Å². The first kappa shape index (κ1) is 11.1. The van der Waals surface area contributed by atoms with Crippen molar-refractivity contribution in [3.05, 3.63) is 47.0 Å². The molecule has 2 rings (SSSR count). The maximum atomic E-state index is 5.14. The number of aryl methyl sites for hydroxylation is 1. The lowest BCUT2D eigenvalue weighted by atomic mass is 10.1. The molecule has 84 valence electrons. The number of H-pyrrole nitrogens is 1.